The van der Waals surface area contributed by atoms with Crippen LogP contribution in [0.15, 0.2) is 30.3 Å². The van der Waals surface area contributed by atoms with Gasteiger partial charge in [-0.2, -0.15) is 0 Å². The molecule has 0 saturated carbocycles. The number of nitrogens with zero attached hydrogens (tertiary/aromatic N) is 1. The lowest BCUT2D eigenvalue weighted by Gasteiger charge is -2.41. The number of halogens is 1. The highest BCUT2D eigenvalue weighted by Gasteiger charge is 2.34. The zero-order valence-corrected chi connectivity index (χ0v) is 13.0. The average Bonchev–Trinajstić information content (AvgIpc) is 2.44. The van der Waals surface area contributed by atoms with Gasteiger partial charge in [0.1, 0.15) is 0 Å². The molecule has 1 unspecified atom stereocenters. The maximum Gasteiger partial charge on any atom is 0.246 e. The van der Waals surface area contributed by atoms with Gasteiger partial charge in [0.2, 0.25) is 5.91 Å². The van der Waals surface area contributed by atoms with Crippen molar-refractivity contribution in [2.45, 2.75) is 25.6 Å². The van der Waals surface area contributed by atoms with Crippen molar-refractivity contribution < 1.29 is 14.6 Å². The van der Waals surface area contributed by atoms with Crippen molar-refractivity contribution in [3.8, 4) is 0 Å². The summed E-state index contributed by atoms with van der Waals surface area (Å²) < 4.78 is 5.70. The van der Waals surface area contributed by atoms with Gasteiger partial charge in [-0.15, -0.1) is 0 Å². The number of benzene rings is 1. The van der Waals surface area contributed by atoms with Crippen LogP contribution in [0.25, 0.3) is 6.08 Å². The van der Waals surface area contributed by atoms with Gasteiger partial charge in [-0.1, -0.05) is 29.8 Å². The smallest absolute Gasteiger partial charge is 0.246 e. The number of morpholine rings is 1. The first-order chi connectivity index (χ1) is 9.91. The van der Waals surface area contributed by atoms with Crippen LogP contribution in [0.5, 0.6) is 0 Å². The summed E-state index contributed by atoms with van der Waals surface area (Å²) in [6.45, 7) is 4.61. The molecular weight excluding hydrogens is 290 g/mol. The molecule has 0 bridgehead atoms. The molecule has 1 atom stereocenters. The largest absolute Gasteiger partial charge is 0.394 e. The minimum atomic E-state index is -0.459. The van der Waals surface area contributed by atoms with Crippen molar-refractivity contribution in [2.24, 2.45) is 0 Å². The molecule has 5 heteroatoms. The van der Waals surface area contributed by atoms with E-state index < -0.39 is 5.60 Å². The van der Waals surface area contributed by atoms with E-state index in [-0.39, 0.29) is 18.6 Å². The number of carbonyl (C=O) groups is 1. The van der Waals surface area contributed by atoms with Gasteiger partial charge in [0.15, 0.2) is 0 Å². The molecule has 1 N–H and O–H groups in total. The van der Waals surface area contributed by atoms with Crippen LogP contribution in [0.4, 0.5) is 0 Å². The number of aliphatic hydroxyl groups is 1. The number of rotatable bonds is 3. The van der Waals surface area contributed by atoms with Gasteiger partial charge in [-0.3, -0.25) is 4.79 Å². The Kier molecular flexibility index (Phi) is 5.04. The Labute approximate surface area is 130 Å². The molecule has 1 heterocycles. The standard InChI is InChI=1S/C16H20ClNO3/c1-16(2)11-18(9-13(10-19)21-16)15(20)8-7-12-5-3-4-6-14(12)17/h3-8,13,19H,9-11H2,1-2H3/b8-7+. The van der Waals surface area contributed by atoms with E-state index in [1.807, 2.05) is 32.0 Å². The van der Waals surface area contributed by atoms with Gasteiger partial charge in [0, 0.05) is 24.2 Å². The minimum absolute atomic E-state index is 0.0958. The van der Waals surface area contributed by atoms with Gasteiger partial charge >= 0.3 is 0 Å². The van der Waals surface area contributed by atoms with Crippen molar-refractivity contribution in [1.82, 2.24) is 4.90 Å². The Bertz CT molecular complexity index is 542. The van der Waals surface area contributed by atoms with Gasteiger partial charge in [-0.25, -0.2) is 0 Å². The quantitative estimate of drug-likeness (QED) is 0.872. The summed E-state index contributed by atoms with van der Waals surface area (Å²) in [4.78, 5) is 14.0. The minimum Gasteiger partial charge on any atom is -0.394 e. The molecule has 1 fully saturated rings. The molecule has 2 rings (SSSR count). The normalized spacial score (nSPS) is 21.7. The fraction of sp³-hybridized carbons (Fsp3) is 0.438. The SMILES string of the molecule is CC1(C)CN(C(=O)/C=C/c2ccccc2Cl)CC(CO)O1. The highest BCUT2D eigenvalue weighted by atomic mass is 35.5. The number of amides is 1. The number of hydrogen-bond acceptors (Lipinski definition) is 3. The van der Waals surface area contributed by atoms with E-state index in [1.165, 1.54) is 6.08 Å². The topological polar surface area (TPSA) is 49.8 Å². The van der Waals surface area contributed by atoms with Crippen LogP contribution in [0.3, 0.4) is 0 Å². The summed E-state index contributed by atoms with van der Waals surface area (Å²) in [7, 11) is 0. The lowest BCUT2D eigenvalue weighted by molar-refractivity contribution is -0.163. The Morgan fingerprint density at radius 1 is 1.52 bits per heavy atom. The number of carbonyl (C=O) groups excluding carboxylic acids is 1. The Balaban J connectivity index is 2.07. The van der Waals surface area contributed by atoms with Crippen molar-refractivity contribution >= 4 is 23.6 Å². The van der Waals surface area contributed by atoms with E-state index >= 15 is 0 Å². The van der Waals surface area contributed by atoms with Crippen molar-refractivity contribution in [3.63, 3.8) is 0 Å². The number of ether oxygens (including phenoxy) is 1. The van der Waals surface area contributed by atoms with E-state index in [4.69, 9.17) is 16.3 Å². The molecule has 21 heavy (non-hydrogen) atoms. The predicted molar refractivity (Wildman–Crippen MR) is 83.1 cm³/mol. The van der Waals surface area contributed by atoms with E-state index in [9.17, 15) is 9.90 Å². The Hall–Kier alpha value is -1.36. The third-order valence-electron chi connectivity index (χ3n) is 3.31. The lowest BCUT2D eigenvalue weighted by Crippen LogP contribution is -2.55. The van der Waals surface area contributed by atoms with Gasteiger partial charge < -0.3 is 14.7 Å². The molecule has 1 aromatic rings. The molecule has 0 aliphatic carbocycles. The van der Waals surface area contributed by atoms with Gasteiger partial charge in [0.25, 0.3) is 0 Å². The van der Waals surface area contributed by atoms with Crippen LogP contribution in [0, 0.1) is 0 Å². The fourth-order valence-electron chi connectivity index (χ4n) is 2.44. The molecule has 4 nitrogen and oxygen atoms in total. The molecule has 0 radical (unpaired) electrons. The maximum atomic E-state index is 12.3. The molecule has 0 aromatic heterocycles. The van der Waals surface area contributed by atoms with E-state index in [1.54, 1.807) is 17.0 Å². The number of aliphatic hydroxyl groups excluding tert-OH is 1. The van der Waals surface area contributed by atoms with Crippen LogP contribution < -0.4 is 0 Å². The van der Waals surface area contributed by atoms with E-state index in [0.717, 1.165) is 5.56 Å². The summed E-state index contributed by atoms with van der Waals surface area (Å²) in [5, 5.41) is 9.88. The fourth-order valence-corrected chi connectivity index (χ4v) is 2.63. The van der Waals surface area contributed by atoms with Crippen molar-refractivity contribution in [3.05, 3.63) is 40.9 Å². The Morgan fingerprint density at radius 3 is 2.90 bits per heavy atom. The molecule has 0 spiro atoms. The zero-order chi connectivity index (χ0) is 15.5. The second-order valence-electron chi connectivity index (χ2n) is 5.76. The molecule has 1 aliphatic rings. The van der Waals surface area contributed by atoms with E-state index in [2.05, 4.69) is 0 Å². The lowest BCUT2D eigenvalue weighted by atomic mass is 10.1. The zero-order valence-electron chi connectivity index (χ0n) is 12.3. The highest BCUT2D eigenvalue weighted by Crippen LogP contribution is 2.22. The third kappa shape index (κ3) is 4.30. The predicted octanol–water partition coefficient (Wildman–Crippen LogP) is 2.35. The molecule has 1 amide bonds. The highest BCUT2D eigenvalue weighted by molar-refractivity contribution is 6.32. The average molecular weight is 310 g/mol. The molecule has 1 aliphatic heterocycles. The first-order valence-corrected chi connectivity index (χ1v) is 7.29. The van der Waals surface area contributed by atoms with Crippen LogP contribution in [0.2, 0.25) is 5.02 Å². The molecular formula is C16H20ClNO3. The summed E-state index contributed by atoms with van der Waals surface area (Å²) in [5.74, 6) is -0.107. The van der Waals surface area contributed by atoms with E-state index in [0.29, 0.717) is 18.1 Å². The number of hydrogen-bond donors (Lipinski definition) is 1. The van der Waals surface area contributed by atoms with Gasteiger partial charge in [0.05, 0.1) is 18.3 Å². The first-order valence-electron chi connectivity index (χ1n) is 6.91. The summed E-state index contributed by atoms with van der Waals surface area (Å²) in [6, 6.07) is 7.35. The van der Waals surface area contributed by atoms with Crippen LogP contribution in [-0.2, 0) is 9.53 Å². The molecule has 1 aromatic carbocycles. The maximum absolute atomic E-state index is 12.3. The second kappa shape index (κ2) is 6.60. The summed E-state index contributed by atoms with van der Waals surface area (Å²) in [6.07, 6.45) is 2.88. The molecule has 114 valence electrons. The van der Waals surface area contributed by atoms with Crippen molar-refractivity contribution in [1.29, 1.82) is 0 Å². The summed E-state index contributed by atoms with van der Waals surface area (Å²) >= 11 is 6.06. The first kappa shape index (κ1) is 16.0. The summed E-state index contributed by atoms with van der Waals surface area (Å²) in [5.41, 5.74) is 0.346. The van der Waals surface area contributed by atoms with Crippen molar-refractivity contribution in [2.75, 3.05) is 19.7 Å². The van der Waals surface area contributed by atoms with Crippen LogP contribution in [-0.4, -0.2) is 47.3 Å². The second-order valence-corrected chi connectivity index (χ2v) is 6.16. The van der Waals surface area contributed by atoms with Gasteiger partial charge in [-0.05, 0) is 31.6 Å². The third-order valence-corrected chi connectivity index (χ3v) is 3.65. The monoisotopic (exact) mass is 309 g/mol. The molecule has 1 saturated heterocycles. The Morgan fingerprint density at radius 2 is 2.24 bits per heavy atom. The van der Waals surface area contributed by atoms with Crippen LogP contribution in [0.1, 0.15) is 19.4 Å². The van der Waals surface area contributed by atoms with Crippen LogP contribution >= 0.6 is 11.6 Å².